The molecule has 1 atom stereocenters. The zero-order chi connectivity index (χ0) is 19.2. The largest absolute Gasteiger partial charge is 0.487 e. The lowest BCUT2D eigenvalue weighted by molar-refractivity contribution is 0.0616. The number of amides is 1. The molecule has 6 heteroatoms. The van der Waals surface area contributed by atoms with Gasteiger partial charge in [0.05, 0.1) is 11.6 Å². The number of benzene rings is 2. The minimum atomic E-state index is -0.550. The van der Waals surface area contributed by atoms with Crippen LogP contribution in [0.4, 0.5) is 4.39 Å². The molecule has 3 aromatic rings. The molecule has 4 rings (SSSR count). The minimum Gasteiger partial charge on any atom is -0.487 e. The third-order valence-electron chi connectivity index (χ3n) is 4.79. The van der Waals surface area contributed by atoms with Gasteiger partial charge >= 0.3 is 0 Å². The SMILES string of the molecule is CC1(C)CC(NC(=O)c2c[nH]c(=O)c3ccccc23)c2ccc(F)cc2O1. The summed E-state index contributed by atoms with van der Waals surface area (Å²) in [5.74, 6) is -0.258. The van der Waals surface area contributed by atoms with Crippen LogP contribution in [0.15, 0.2) is 53.5 Å². The standard InChI is InChI=1S/C21H19FN2O3/c1-21(2)10-17(15-8-7-12(22)9-18(15)27-21)24-20(26)16-11-23-19(25)14-6-4-3-5-13(14)16/h3-9,11,17H,10H2,1-2H3,(H,23,25)(H,24,26). The van der Waals surface area contributed by atoms with Gasteiger partial charge in [-0.3, -0.25) is 9.59 Å². The van der Waals surface area contributed by atoms with Crippen molar-refractivity contribution in [3.8, 4) is 5.75 Å². The predicted octanol–water partition coefficient (Wildman–Crippen LogP) is 3.70. The summed E-state index contributed by atoms with van der Waals surface area (Å²) < 4.78 is 19.5. The fourth-order valence-electron chi connectivity index (χ4n) is 3.59. The highest BCUT2D eigenvalue weighted by atomic mass is 19.1. The molecule has 1 unspecified atom stereocenters. The summed E-state index contributed by atoms with van der Waals surface area (Å²) in [7, 11) is 0. The zero-order valence-electron chi connectivity index (χ0n) is 15.0. The topological polar surface area (TPSA) is 71.2 Å². The van der Waals surface area contributed by atoms with Crippen LogP contribution < -0.4 is 15.6 Å². The number of aromatic nitrogens is 1. The van der Waals surface area contributed by atoms with Crippen molar-refractivity contribution in [3.63, 3.8) is 0 Å². The number of H-pyrrole nitrogens is 1. The second-order valence-corrected chi connectivity index (χ2v) is 7.35. The highest BCUT2D eigenvalue weighted by Gasteiger charge is 2.35. The Bertz CT molecular complexity index is 1100. The van der Waals surface area contributed by atoms with E-state index in [1.165, 1.54) is 18.3 Å². The van der Waals surface area contributed by atoms with Crippen LogP contribution in [0.2, 0.25) is 0 Å². The normalized spacial score (nSPS) is 17.8. The van der Waals surface area contributed by atoms with E-state index in [0.29, 0.717) is 28.5 Å². The minimum absolute atomic E-state index is 0.241. The quantitative estimate of drug-likeness (QED) is 0.726. The first-order chi connectivity index (χ1) is 12.8. The first kappa shape index (κ1) is 17.3. The monoisotopic (exact) mass is 366 g/mol. The van der Waals surface area contributed by atoms with Crippen LogP contribution >= 0.6 is 0 Å². The molecule has 2 aromatic carbocycles. The van der Waals surface area contributed by atoms with Crippen molar-refractivity contribution in [3.05, 3.63) is 76.0 Å². The molecule has 5 nitrogen and oxygen atoms in total. The Labute approximate surface area is 155 Å². The van der Waals surface area contributed by atoms with Gasteiger partial charge in [-0.05, 0) is 26.0 Å². The number of hydrogen-bond donors (Lipinski definition) is 2. The first-order valence-corrected chi connectivity index (χ1v) is 8.74. The Balaban J connectivity index is 1.72. The first-order valence-electron chi connectivity index (χ1n) is 8.74. The number of fused-ring (bicyclic) bond motifs is 2. The number of pyridine rings is 1. The Hall–Kier alpha value is -3.15. The molecular weight excluding hydrogens is 347 g/mol. The van der Waals surface area contributed by atoms with Crippen LogP contribution in [-0.4, -0.2) is 16.5 Å². The van der Waals surface area contributed by atoms with Crippen LogP contribution in [0.25, 0.3) is 10.8 Å². The van der Waals surface area contributed by atoms with E-state index in [-0.39, 0.29) is 23.3 Å². The average Bonchev–Trinajstić information content (AvgIpc) is 2.60. The molecule has 0 saturated carbocycles. The zero-order valence-corrected chi connectivity index (χ0v) is 15.0. The van der Waals surface area contributed by atoms with E-state index in [0.717, 1.165) is 5.56 Å². The third kappa shape index (κ3) is 3.18. The lowest BCUT2D eigenvalue weighted by Gasteiger charge is -2.38. The molecule has 2 heterocycles. The summed E-state index contributed by atoms with van der Waals surface area (Å²) in [4.78, 5) is 27.6. The van der Waals surface area contributed by atoms with Crippen molar-refractivity contribution in [2.75, 3.05) is 0 Å². The van der Waals surface area contributed by atoms with Crippen molar-refractivity contribution in [2.24, 2.45) is 0 Å². The van der Waals surface area contributed by atoms with Crippen molar-refractivity contribution < 1.29 is 13.9 Å². The lowest BCUT2D eigenvalue weighted by Crippen LogP contribution is -2.41. The van der Waals surface area contributed by atoms with Gasteiger partial charge in [0.2, 0.25) is 0 Å². The maximum absolute atomic E-state index is 13.6. The summed E-state index contributed by atoms with van der Waals surface area (Å²) in [6, 6.07) is 11.0. The molecular formula is C21H19FN2O3. The maximum atomic E-state index is 13.6. The van der Waals surface area contributed by atoms with E-state index >= 15 is 0 Å². The molecule has 1 amide bonds. The molecule has 0 bridgehead atoms. The summed E-state index contributed by atoms with van der Waals surface area (Å²) in [6.07, 6.45) is 1.97. The van der Waals surface area contributed by atoms with Gasteiger partial charge in [0.25, 0.3) is 11.5 Å². The molecule has 0 saturated heterocycles. The van der Waals surface area contributed by atoms with Gasteiger partial charge < -0.3 is 15.0 Å². The van der Waals surface area contributed by atoms with E-state index in [1.54, 1.807) is 30.3 Å². The van der Waals surface area contributed by atoms with E-state index in [1.807, 2.05) is 13.8 Å². The second-order valence-electron chi connectivity index (χ2n) is 7.35. The molecule has 0 aliphatic carbocycles. The molecule has 1 aromatic heterocycles. The Morgan fingerprint density at radius 3 is 2.74 bits per heavy atom. The fraction of sp³-hybridized carbons (Fsp3) is 0.238. The van der Waals surface area contributed by atoms with Crippen LogP contribution in [0.5, 0.6) is 5.75 Å². The number of carbonyl (C=O) groups is 1. The van der Waals surface area contributed by atoms with Gasteiger partial charge in [-0.1, -0.05) is 24.3 Å². The van der Waals surface area contributed by atoms with Gasteiger partial charge in [-0.2, -0.15) is 0 Å². The summed E-state index contributed by atoms with van der Waals surface area (Å²) >= 11 is 0. The third-order valence-corrected chi connectivity index (χ3v) is 4.79. The predicted molar refractivity (Wildman–Crippen MR) is 100 cm³/mol. The molecule has 0 fully saturated rings. The van der Waals surface area contributed by atoms with E-state index in [2.05, 4.69) is 10.3 Å². The van der Waals surface area contributed by atoms with E-state index < -0.39 is 5.60 Å². The Morgan fingerprint density at radius 1 is 1.22 bits per heavy atom. The number of aromatic amines is 1. The molecule has 27 heavy (non-hydrogen) atoms. The summed E-state index contributed by atoms with van der Waals surface area (Å²) in [5, 5.41) is 4.06. The molecule has 0 spiro atoms. The number of rotatable bonds is 2. The highest BCUT2D eigenvalue weighted by molar-refractivity contribution is 6.06. The number of nitrogens with one attached hydrogen (secondary N) is 2. The van der Waals surface area contributed by atoms with Crippen molar-refractivity contribution in [1.82, 2.24) is 10.3 Å². The molecule has 1 aliphatic rings. The number of ether oxygens (including phenoxy) is 1. The molecule has 0 radical (unpaired) electrons. The molecule has 1 aliphatic heterocycles. The molecule has 2 N–H and O–H groups in total. The van der Waals surface area contributed by atoms with E-state index in [9.17, 15) is 14.0 Å². The Morgan fingerprint density at radius 2 is 1.96 bits per heavy atom. The van der Waals surface area contributed by atoms with Gasteiger partial charge in [0, 0.05) is 35.0 Å². The summed E-state index contributed by atoms with van der Waals surface area (Å²) in [5.41, 5.74) is 0.331. The van der Waals surface area contributed by atoms with Crippen LogP contribution in [0.1, 0.15) is 42.2 Å². The number of carbonyl (C=O) groups excluding carboxylic acids is 1. The van der Waals surface area contributed by atoms with Crippen LogP contribution in [0.3, 0.4) is 0 Å². The number of hydrogen-bond acceptors (Lipinski definition) is 3. The Kier molecular flexibility index (Phi) is 3.98. The lowest BCUT2D eigenvalue weighted by atomic mass is 9.89. The second kappa shape index (κ2) is 6.23. The van der Waals surface area contributed by atoms with Gasteiger partial charge in [-0.25, -0.2) is 4.39 Å². The smallest absolute Gasteiger partial charge is 0.255 e. The van der Waals surface area contributed by atoms with Crippen molar-refractivity contribution in [2.45, 2.75) is 31.9 Å². The molecule has 138 valence electrons. The van der Waals surface area contributed by atoms with Gasteiger partial charge in [0.15, 0.2) is 0 Å². The van der Waals surface area contributed by atoms with Gasteiger partial charge in [-0.15, -0.1) is 0 Å². The van der Waals surface area contributed by atoms with E-state index in [4.69, 9.17) is 4.74 Å². The number of halogens is 1. The van der Waals surface area contributed by atoms with Gasteiger partial charge in [0.1, 0.15) is 17.2 Å². The van der Waals surface area contributed by atoms with Crippen molar-refractivity contribution >= 4 is 16.7 Å². The van der Waals surface area contributed by atoms with Crippen LogP contribution in [0, 0.1) is 5.82 Å². The highest BCUT2D eigenvalue weighted by Crippen LogP contribution is 2.40. The average molecular weight is 366 g/mol. The summed E-state index contributed by atoms with van der Waals surface area (Å²) in [6.45, 7) is 3.80. The fourth-order valence-corrected chi connectivity index (χ4v) is 3.59. The van der Waals surface area contributed by atoms with Crippen molar-refractivity contribution in [1.29, 1.82) is 0 Å². The van der Waals surface area contributed by atoms with Crippen LogP contribution in [-0.2, 0) is 0 Å². The maximum Gasteiger partial charge on any atom is 0.255 e.